The number of nitrogens with zero attached hydrogens (tertiary/aromatic N) is 3. The number of aromatic nitrogens is 2. The number of hydrogen-bond acceptors (Lipinski definition) is 7. The lowest BCUT2D eigenvalue weighted by Gasteiger charge is -2.40. The van der Waals surface area contributed by atoms with E-state index in [1.165, 1.54) is 11.2 Å². The Labute approximate surface area is 151 Å². The first-order valence-corrected chi connectivity index (χ1v) is 8.45. The number of hydrogen-bond donors (Lipinski definition) is 4. The second-order valence-corrected chi connectivity index (χ2v) is 6.63. The molecule has 0 aliphatic carbocycles. The predicted molar refractivity (Wildman–Crippen MR) is 92.3 cm³/mol. The summed E-state index contributed by atoms with van der Waals surface area (Å²) >= 11 is 0. The zero-order valence-electron chi connectivity index (χ0n) is 14.7. The van der Waals surface area contributed by atoms with Gasteiger partial charge in [0.1, 0.15) is 12.4 Å². The number of carbonyl (C=O) groups is 2. The van der Waals surface area contributed by atoms with Gasteiger partial charge in [-0.1, -0.05) is 13.8 Å². The summed E-state index contributed by atoms with van der Waals surface area (Å²) in [5.41, 5.74) is 0. The molecule has 0 saturated carbocycles. The summed E-state index contributed by atoms with van der Waals surface area (Å²) in [6, 6.07) is -0.609. The number of amides is 2. The van der Waals surface area contributed by atoms with E-state index in [-0.39, 0.29) is 18.3 Å². The maximum absolute atomic E-state index is 13.7. The maximum atomic E-state index is 13.7. The minimum atomic E-state index is -1.68. The van der Waals surface area contributed by atoms with Crippen LogP contribution in [-0.4, -0.2) is 64.0 Å². The fourth-order valence-corrected chi connectivity index (χ4v) is 2.74. The highest BCUT2D eigenvalue weighted by atomic mass is 19.1. The van der Waals surface area contributed by atoms with Crippen molar-refractivity contribution in [1.82, 2.24) is 20.6 Å². The summed E-state index contributed by atoms with van der Waals surface area (Å²) in [6.07, 6.45) is 3.13. The highest BCUT2D eigenvalue weighted by Crippen LogP contribution is 2.26. The molecule has 9 nitrogen and oxygen atoms in total. The Balaban J connectivity index is 1.84. The molecule has 142 valence electrons. The standard InChI is InChI=1S/C15H23BFN5O4/c1-9(2)5-12(16(25)26)21-13(23)7-19-15(24)11-3-4-22(11)14-10(17)6-18-8-20-14/h6,8-9,11-12,25-26H,3-5,7H2,1-2H3,(H,19,24)(H,21,23). The molecule has 1 aromatic heterocycles. The second kappa shape index (κ2) is 8.90. The largest absolute Gasteiger partial charge is 0.475 e. The Morgan fingerprint density at radius 3 is 2.73 bits per heavy atom. The first-order chi connectivity index (χ1) is 12.3. The van der Waals surface area contributed by atoms with Crippen molar-refractivity contribution in [2.75, 3.05) is 18.0 Å². The van der Waals surface area contributed by atoms with Gasteiger partial charge in [0.25, 0.3) is 0 Å². The molecule has 2 unspecified atom stereocenters. The maximum Gasteiger partial charge on any atom is 0.475 e. The molecule has 0 spiro atoms. The van der Waals surface area contributed by atoms with Crippen LogP contribution in [0.25, 0.3) is 0 Å². The average molecular weight is 367 g/mol. The monoisotopic (exact) mass is 367 g/mol. The van der Waals surface area contributed by atoms with Crippen molar-refractivity contribution in [2.45, 2.75) is 38.7 Å². The number of nitrogens with one attached hydrogen (secondary N) is 2. The van der Waals surface area contributed by atoms with Gasteiger partial charge in [-0.25, -0.2) is 14.4 Å². The smallest absolute Gasteiger partial charge is 0.426 e. The Bertz CT molecular complexity index is 648. The van der Waals surface area contributed by atoms with Crippen LogP contribution in [0, 0.1) is 11.7 Å². The fraction of sp³-hybridized carbons (Fsp3) is 0.600. The molecule has 1 aliphatic rings. The van der Waals surface area contributed by atoms with Crippen molar-refractivity contribution < 1.29 is 24.0 Å². The van der Waals surface area contributed by atoms with Gasteiger partial charge in [0.05, 0.1) is 18.7 Å². The molecule has 26 heavy (non-hydrogen) atoms. The molecule has 2 amide bonds. The summed E-state index contributed by atoms with van der Waals surface area (Å²) in [5.74, 6) is -2.17. The molecule has 1 fully saturated rings. The lowest BCUT2D eigenvalue weighted by molar-refractivity contribution is -0.127. The fourth-order valence-electron chi connectivity index (χ4n) is 2.74. The number of carbonyl (C=O) groups excluding carboxylic acids is 2. The molecule has 2 atom stereocenters. The van der Waals surface area contributed by atoms with E-state index in [1.807, 2.05) is 13.8 Å². The van der Waals surface area contributed by atoms with Crippen molar-refractivity contribution in [3.8, 4) is 0 Å². The molecule has 2 heterocycles. The average Bonchev–Trinajstić information content (AvgIpc) is 2.53. The lowest BCUT2D eigenvalue weighted by Crippen LogP contribution is -2.58. The van der Waals surface area contributed by atoms with Crippen molar-refractivity contribution in [2.24, 2.45) is 5.92 Å². The van der Waals surface area contributed by atoms with Gasteiger partial charge < -0.3 is 25.6 Å². The van der Waals surface area contributed by atoms with E-state index in [4.69, 9.17) is 0 Å². The molecule has 1 aromatic rings. The van der Waals surface area contributed by atoms with Crippen molar-refractivity contribution in [1.29, 1.82) is 0 Å². The van der Waals surface area contributed by atoms with E-state index in [2.05, 4.69) is 20.6 Å². The van der Waals surface area contributed by atoms with Crippen molar-refractivity contribution >= 4 is 24.8 Å². The molecule has 2 rings (SSSR count). The van der Waals surface area contributed by atoms with Crippen LogP contribution < -0.4 is 15.5 Å². The van der Waals surface area contributed by atoms with E-state index in [1.54, 1.807) is 0 Å². The number of anilines is 1. The highest BCUT2D eigenvalue weighted by Gasteiger charge is 2.36. The molecular weight excluding hydrogens is 344 g/mol. The third-order valence-corrected chi connectivity index (χ3v) is 4.10. The molecule has 0 aromatic carbocycles. The predicted octanol–water partition coefficient (Wildman–Crippen LogP) is -1.15. The Morgan fingerprint density at radius 2 is 2.19 bits per heavy atom. The molecule has 11 heteroatoms. The summed E-state index contributed by atoms with van der Waals surface area (Å²) in [5, 5.41) is 23.6. The Kier molecular flexibility index (Phi) is 6.87. The van der Waals surface area contributed by atoms with Crippen LogP contribution in [0.1, 0.15) is 26.7 Å². The van der Waals surface area contributed by atoms with Gasteiger partial charge >= 0.3 is 7.12 Å². The summed E-state index contributed by atoms with van der Waals surface area (Å²) in [4.78, 5) is 33.1. The number of halogens is 1. The normalized spacial score (nSPS) is 17.5. The minimum Gasteiger partial charge on any atom is -0.426 e. The van der Waals surface area contributed by atoms with E-state index in [9.17, 15) is 24.0 Å². The molecule has 0 bridgehead atoms. The summed E-state index contributed by atoms with van der Waals surface area (Å²) in [7, 11) is -1.68. The Hall–Kier alpha value is -2.27. The molecule has 1 saturated heterocycles. The molecule has 1 aliphatic heterocycles. The topological polar surface area (TPSA) is 128 Å². The highest BCUT2D eigenvalue weighted by molar-refractivity contribution is 6.43. The van der Waals surface area contributed by atoms with Crippen LogP contribution >= 0.6 is 0 Å². The molecule has 0 radical (unpaired) electrons. The SMILES string of the molecule is CC(C)CC(NC(=O)CNC(=O)C1CCN1c1ncncc1F)B(O)O. The third-order valence-electron chi connectivity index (χ3n) is 4.10. The van der Waals surface area contributed by atoms with E-state index >= 15 is 0 Å². The summed E-state index contributed by atoms with van der Waals surface area (Å²) in [6.45, 7) is 3.95. The minimum absolute atomic E-state index is 0.0521. The van der Waals surface area contributed by atoms with E-state index in [0.717, 1.165) is 6.20 Å². The van der Waals surface area contributed by atoms with Gasteiger partial charge in [0, 0.05) is 6.54 Å². The lowest BCUT2D eigenvalue weighted by atomic mass is 9.75. The first-order valence-electron chi connectivity index (χ1n) is 8.45. The van der Waals surface area contributed by atoms with E-state index in [0.29, 0.717) is 19.4 Å². The third kappa shape index (κ3) is 5.12. The van der Waals surface area contributed by atoms with Crippen LogP contribution in [0.5, 0.6) is 0 Å². The van der Waals surface area contributed by atoms with Crippen LogP contribution in [-0.2, 0) is 9.59 Å². The van der Waals surface area contributed by atoms with Crippen LogP contribution in [0.3, 0.4) is 0 Å². The quantitative estimate of drug-likeness (QED) is 0.428. The van der Waals surface area contributed by atoms with Gasteiger partial charge in [-0.2, -0.15) is 0 Å². The number of rotatable bonds is 8. The van der Waals surface area contributed by atoms with Crippen molar-refractivity contribution in [3.63, 3.8) is 0 Å². The Morgan fingerprint density at radius 1 is 1.46 bits per heavy atom. The molecule has 4 N–H and O–H groups in total. The first kappa shape index (κ1) is 20.1. The summed E-state index contributed by atoms with van der Waals surface area (Å²) < 4.78 is 13.7. The second-order valence-electron chi connectivity index (χ2n) is 6.63. The zero-order valence-corrected chi connectivity index (χ0v) is 14.7. The van der Waals surface area contributed by atoms with Crippen LogP contribution in [0.2, 0.25) is 0 Å². The van der Waals surface area contributed by atoms with E-state index < -0.39 is 36.7 Å². The zero-order chi connectivity index (χ0) is 19.3. The van der Waals surface area contributed by atoms with Gasteiger partial charge in [-0.3, -0.25) is 9.59 Å². The van der Waals surface area contributed by atoms with Gasteiger partial charge in [0.15, 0.2) is 11.6 Å². The van der Waals surface area contributed by atoms with Gasteiger partial charge in [-0.15, -0.1) is 0 Å². The van der Waals surface area contributed by atoms with Gasteiger partial charge in [-0.05, 0) is 18.8 Å². The van der Waals surface area contributed by atoms with Crippen LogP contribution in [0.15, 0.2) is 12.5 Å². The van der Waals surface area contributed by atoms with Gasteiger partial charge in [0.2, 0.25) is 11.8 Å². The van der Waals surface area contributed by atoms with Crippen LogP contribution in [0.4, 0.5) is 10.2 Å². The molecular formula is C15H23BFN5O4. The van der Waals surface area contributed by atoms with Crippen molar-refractivity contribution in [3.05, 3.63) is 18.3 Å².